The van der Waals surface area contributed by atoms with E-state index in [-0.39, 0.29) is 0 Å². The van der Waals surface area contributed by atoms with Crippen LogP contribution in [0.25, 0.3) is 0 Å². The second-order valence-electron chi connectivity index (χ2n) is 3.14. The minimum atomic E-state index is 0.631. The van der Waals surface area contributed by atoms with Gasteiger partial charge < -0.3 is 9.57 Å². The lowest BCUT2D eigenvalue weighted by molar-refractivity contribution is 0.0861. The Hall–Kier alpha value is -0.580. The third kappa shape index (κ3) is 3.19. The zero-order chi connectivity index (χ0) is 11.3. The molecule has 0 radical (unpaired) electrons. The van der Waals surface area contributed by atoms with E-state index in [1.165, 1.54) is 5.56 Å². The highest BCUT2D eigenvalue weighted by molar-refractivity contribution is 9.10. The highest BCUT2D eigenvalue weighted by Crippen LogP contribution is 2.28. The number of hydroxylamine groups is 1. The first-order valence-electron chi connectivity index (χ1n) is 4.84. The van der Waals surface area contributed by atoms with Crippen LogP contribution in [0, 0.1) is 0 Å². The molecule has 3 nitrogen and oxygen atoms in total. The van der Waals surface area contributed by atoms with Gasteiger partial charge in [-0.25, -0.2) is 0 Å². The summed E-state index contributed by atoms with van der Waals surface area (Å²) >= 11 is 3.48. The molecular weight excluding hydrogens is 258 g/mol. The number of halogens is 1. The smallest absolute Gasteiger partial charge is 0.126 e. The Morgan fingerprint density at radius 3 is 2.47 bits per heavy atom. The summed E-state index contributed by atoms with van der Waals surface area (Å²) in [6, 6.07) is 4.11. The Labute approximate surface area is 98.9 Å². The number of hydrogen-bond acceptors (Lipinski definition) is 3. The Balaban J connectivity index is 3.05. The average Bonchev–Trinajstić information content (AvgIpc) is 2.25. The van der Waals surface area contributed by atoms with Crippen LogP contribution in [0.1, 0.15) is 18.1 Å². The van der Waals surface area contributed by atoms with Gasteiger partial charge in [-0.1, -0.05) is 22.9 Å². The van der Waals surface area contributed by atoms with Crippen LogP contribution in [0.15, 0.2) is 16.6 Å². The summed E-state index contributed by atoms with van der Waals surface area (Å²) in [5.41, 5.74) is 5.10. The zero-order valence-electron chi connectivity index (χ0n) is 9.26. The lowest BCUT2D eigenvalue weighted by atomic mass is 10.1. The van der Waals surface area contributed by atoms with Crippen LogP contribution in [0.3, 0.4) is 0 Å². The Bertz CT molecular complexity index is 329. The molecule has 0 fully saturated rings. The number of nitrogens with one attached hydrogen (secondary N) is 1. The van der Waals surface area contributed by atoms with E-state index in [2.05, 4.69) is 34.4 Å². The van der Waals surface area contributed by atoms with Gasteiger partial charge >= 0.3 is 0 Å². The van der Waals surface area contributed by atoms with Gasteiger partial charge in [0.25, 0.3) is 0 Å². The summed E-state index contributed by atoms with van der Waals surface area (Å²) in [5, 5.41) is 0. The molecule has 0 saturated carbocycles. The van der Waals surface area contributed by atoms with Crippen molar-refractivity contribution in [2.24, 2.45) is 0 Å². The molecular formula is C11H16BrNO2. The van der Waals surface area contributed by atoms with Gasteiger partial charge in [-0.2, -0.15) is 5.48 Å². The van der Waals surface area contributed by atoms with Gasteiger partial charge in [-0.05, 0) is 24.1 Å². The number of hydrogen-bond donors (Lipinski definition) is 1. The normalized spacial score (nSPS) is 10.4. The molecule has 0 bridgehead atoms. The number of ether oxygens (including phenoxy) is 1. The van der Waals surface area contributed by atoms with E-state index < -0.39 is 0 Å². The van der Waals surface area contributed by atoms with E-state index in [1.807, 2.05) is 6.07 Å². The van der Waals surface area contributed by atoms with Crippen molar-refractivity contribution in [1.82, 2.24) is 5.48 Å². The SMILES string of the molecule is CCc1cc(Br)cc(CNOC)c1OC. The summed E-state index contributed by atoms with van der Waals surface area (Å²) in [6.45, 7) is 2.74. The molecule has 0 amide bonds. The van der Waals surface area contributed by atoms with Crippen molar-refractivity contribution in [2.45, 2.75) is 19.9 Å². The lowest BCUT2D eigenvalue weighted by Crippen LogP contribution is -2.12. The molecule has 0 aliphatic rings. The maximum Gasteiger partial charge on any atom is 0.126 e. The second-order valence-corrected chi connectivity index (χ2v) is 4.05. The van der Waals surface area contributed by atoms with Gasteiger partial charge in [0.05, 0.1) is 14.2 Å². The van der Waals surface area contributed by atoms with Crippen molar-refractivity contribution in [3.8, 4) is 5.75 Å². The van der Waals surface area contributed by atoms with Crippen LogP contribution in [0.4, 0.5) is 0 Å². The van der Waals surface area contributed by atoms with Crippen LogP contribution in [-0.2, 0) is 17.8 Å². The van der Waals surface area contributed by atoms with Crippen molar-refractivity contribution < 1.29 is 9.57 Å². The van der Waals surface area contributed by atoms with E-state index in [1.54, 1.807) is 14.2 Å². The number of benzene rings is 1. The molecule has 0 aliphatic carbocycles. The summed E-state index contributed by atoms with van der Waals surface area (Å²) in [5.74, 6) is 0.935. The van der Waals surface area contributed by atoms with E-state index in [0.29, 0.717) is 6.54 Å². The molecule has 0 spiro atoms. The van der Waals surface area contributed by atoms with Crippen molar-refractivity contribution in [1.29, 1.82) is 0 Å². The predicted octanol–water partition coefficient (Wildman–Crippen LogP) is 2.67. The summed E-state index contributed by atoms with van der Waals surface area (Å²) < 4.78 is 6.47. The van der Waals surface area contributed by atoms with Crippen LogP contribution >= 0.6 is 15.9 Å². The van der Waals surface area contributed by atoms with Crippen LogP contribution in [0.2, 0.25) is 0 Å². The van der Waals surface area contributed by atoms with Gasteiger partial charge in [0.15, 0.2) is 0 Å². The van der Waals surface area contributed by atoms with Crippen LogP contribution in [-0.4, -0.2) is 14.2 Å². The summed E-state index contributed by atoms with van der Waals surface area (Å²) in [4.78, 5) is 4.84. The third-order valence-electron chi connectivity index (χ3n) is 2.20. The first kappa shape index (κ1) is 12.5. The molecule has 0 saturated heterocycles. The minimum Gasteiger partial charge on any atom is -0.496 e. The molecule has 0 aliphatic heterocycles. The van der Waals surface area contributed by atoms with E-state index >= 15 is 0 Å². The van der Waals surface area contributed by atoms with Gasteiger partial charge in [0.2, 0.25) is 0 Å². The maximum atomic E-state index is 5.40. The molecule has 1 rings (SSSR count). The fourth-order valence-electron chi connectivity index (χ4n) is 1.52. The van der Waals surface area contributed by atoms with Gasteiger partial charge in [-0.15, -0.1) is 0 Å². The van der Waals surface area contributed by atoms with Gasteiger partial charge in [0, 0.05) is 16.6 Å². The van der Waals surface area contributed by atoms with Crippen LogP contribution < -0.4 is 10.2 Å². The average molecular weight is 274 g/mol. The maximum absolute atomic E-state index is 5.40. The standard InChI is InChI=1S/C11H16BrNO2/c1-4-8-5-10(12)6-9(7-13-15-3)11(8)14-2/h5-6,13H,4,7H2,1-3H3. The molecule has 0 heterocycles. The van der Waals surface area contributed by atoms with Crippen molar-refractivity contribution >= 4 is 15.9 Å². The summed E-state index contributed by atoms with van der Waals surface area (Å²) in [7, 11) is 3.30. The predicted molar refractivity (Wildman–Crippen MR) is 63.9 cm³/mol. The Kier molecular flexibility index (Phi) is 5.08. The Morgan fingerprint density at radius 2 is 1.93 bits per heavy atom. The van der Waals surface area contributed by atoms with Crippen molar-refractivity contribution in [3.05, 3.63) is 27.7 Å². The molecule has 0 unspecified atom stereocenters. The lowest BCUT2D eigenvalue weighted by Gasteiger charge is -2.13. The fraction of sp³-hybridized carbons (Fsp3) is 0.455. The first-order valence-corrected chi connectivity index (χ1v) is 5.63. The number of rotatable bonds is 5. The van der Waals surface area contributed by atoms with Crippen LogP contribution in [0.5, 0.6) is 5.75 Å². The van der Waals surface area contributed by atoms with E-state index in [0.717, 1.165) is 22.2 Å². The van der Waals surface area contributed by atoms with Crippen molar-refractivity contribution in [2.75, 3.05) is 14.2 Å². The van der Waals surface area contributed by atoms with E-state index in [4.69, 9.17) is 9.57 Å². The third-order valence-corrected chi connectivity index (χ3v) is 2.66. The molecule has 84 valence electrons. The largest absolute Gasteiger partial charge is 0.496 e. The fourth-order valence-corrected chi connectivity index (χ4v) is 2.07. The quantitative estimate of drug-likeness (QED) is 0.837. The highest BCUT2D eigenvalue weighted by atomic mass is 79.9. The first-order chi connectivity index (χ1) is 7.22. The molecule has 1 aromatic rings. The van der Waals surface area contributed by atoms with E-state index in [9.17, 15) is 0 Å². The topological polar surface area (TPSA) is 30.5 Å². The van der Waals surface area contributed by atoms with Gasteiger partial charge in [-0.3, -0.25) is 0 Å². The summed E-state index contributed by atoms with van der Waals surface area (Å²) in [6.07, 6.45) is 0.947. The molecule has 0 aromatic heterocycles. The van der Waals surface area contributed by atoms with Gasteiger partial charge in [0.1, 0.15) is 5.75 Å². The molecule has 15 heavy (non-hydrogen) atoms. The minimum absolute atomic E-state index is 0.631. The molecule has 1 aromatic carbocycles. The highest BCUT2D eigenvalue weighted by Gasteiger charge is 2.09. The van der Waals surface area contributed by atoms with Crippen molar-refractivity contribution in [3.63, 3.8) is 0 Å². The zero-order valence-corrected chi connectivity index (χ0v) is 10.8. The second kappa shape index (κ2) is 6.10. The number of methoxy groups -OCH3 is 1. The number of aryl methyl sites for hydroxylation is 1. The molecule has 1 N–H and O–H groups in total. The monoisotopic (exact) mass is 273 g/mol. The molecule has 4 heteroatoms. The molecule has 0 atom stereocenters. The Morgan fingerprint density at radius 1 is 1.27 bits per heavy atom.